The maximum atomic E-state index is 13.1. The van der Waals surface area contributed by atoms with Gasteiger partial charge in [-0.25, -0.2) is 5.01 Å². The van der Waals surface area contributed by atoms with E-state index >= 15 is 0 Å². The van der Waals surface area contributed by atoms with Crippen molar-refractivity contribution in [3.63, 3.8) is 0 Å². The number of benzene rings is 3. The molecule has 4 heteroatoms. The number of para-hydroxylation sites is 1. The van der Waals surface area contributed by atoms with Crippen molar-refractivity contribution in [2.75, 3.05) is 10.4 Å². The van der Waals surface area contributed by atoms with Gasteiger partial charge in [-0.15, -0.1) is 0 Å². The Labute approximate surface area is 145 Å². The third-order valence-corrected chi connectivity index (χ3v) is 4.43. The van der Waals surface area contributed by atoms with Crippen molar-refractivity contribution in [2.45, 2.75) is 5.92 Å². The van der Waals surface area contributed by atoms with Crippen molar-refractivity contribution in [1.29, 1.82) is 0 Å². The molecule has 1 heterocycles. The summed E-state index contributed by atoms with van der Waals surface area (Å²) >= 11 is 5.93. The van der Waals surface area contributed by atoms with E-state index in [-0.39, 0.29) is 11.8 Å². The van der Waals surface area contributed by atoms with Crippen LogP contribution in [0.25, 0.3) is 0 Å². The van der Waals surface area contributed by atoms with Gasteiger partial charge in [-0.3, -0.25) is 10.2 Å². The molecule has 0 spiro atoms. The van der Waals surface area contributed by atoms with Crippen LogP contribution in [0.3, 0.4) is 0 Å². The lowest BCUT2D eigenvalue weighted by atomic mass is 9.93. The minimum Gasteiger partial charge on any atom is -0.291 e. The summed E-state index contributed by atoms with van der Waals surface area (Å²) < 4.78 is 0. The standard InChI is InChI=1S/C20H15ClN2O/c21-15-10-12-16(13-11-15)22-23-18-9-5-4-8-17(18)19(20(23)24)14-6-2-1-3-7-14/h1-13,19,22H/t19-/m0/s1. The highest BCUT2D eigenvalue weighted by molar-refractivity contribution is 6.30. The van der Waals surface area contributed by atoms with E-state index in [0.717, 1.165) is 22.5 Å². The zero-order valence-corrected chi connectivity index (χ0v) is 13.6. The number of anilines is 2. The van der Waals surface area contributed by atoms with Gasteiger partial charge in [-0.05, 0) is 41.5 Å². The van der Waals surface area contributed by atoms with E-state index < -0.39 is 0 Å². The summed E-state index contributed by atoms with van der Waals surface area (Å²) in [5.74, 6) is -0.278. The summed E-state index contributed by atoms with van der Waals surface area (Å²) in [6.07, 6.45) is 0. The summed E-state index contributed by atoms with van der Waals surface area (Å²) in [5.41, 5.74) is 6.90. The Bertz CT molecular complexity index is 878. The highest BCUT2D eigenvalue weighted by atomic mass is 35.5. The molecule has 3 aromatic carbocycles. The van der Waals surface area contributed by atoms with Crippen LogP contribution in [-0.4, -0.2) is 5.91 Å². The molecule has 1 aliphatic heterocycles. The number of amides is 1. The Morgan fingerprint density at radius 1 is 0.833 bits per heavy atom. The molecule has 0 saturated heterocycles. The normalized spacial score (nSPS) is 16.1. The van der Waals surface area contributed by atoms with E-state index in [9.17, 15) is 4.79 Å². The smallest absolute Gasteiger partial charge is 0.257 e. The third kappa shape index (κ3) is 2.53. The van der Waals surface area contributed by atoms with Crippen molar-refractivity contribution in [1.82, 2.24) is 0 Å². The number of hydrazine groups is 1. The molecule has 0 fully saturated rings. The van der Waals surface area contributed by atoms with Gasteiger partial charge < -0.3 is 0 Å². The Hall–Kier alpha value is -2.78. The highest BCUT2D eigenvalue weighted by Gasteiger charge is 2.38. The van der Waals surface area contributed by atoms with Gasteiger partial charge >= 0.3 is 0 Å². The molecule has 1 atom stereocenters. The van der Waals surface area contributed by atoms with Crippen LogP contribution in [0.15, 0.2) is 78.9 Å². The molecule has 1 amide bonds. The average molecular weight is 335 g/mol. The fourth-order valence-corrected chi connectivity index (χ4v) is 3.18. The number of nitrogens with one attached hydrogen (secondary N) is 1. The molecule has 118 valence electrons. The van der Waals surface area contributed by atoms with E-state index in [2.05, 4.69) is 5.43 Å². The predicted molar refractivity (Wildman–Crippen MR) is 97.3 cm³/mol. The number of fused-ring (bicyclic) bond motifs is 1. The number of hydrogen-bond donors (Lipinski definition) is 1. The van der Waals surface area contributed by atoms with E-state index in [1.165, 1.54) is 0 Å². The van der Waals surface area contributed by atoms with Crippen molar-refractivity contribution in [2.24, 2.45) is 0 Å². The average Bonchev–Trinajstić information content (AvgIpc) is 2.90. The monoisotopic (exact) mass is 334 g/mol. The quantitative estimate of drug-likeness (QED) is 0.743. The molecule has 0 bridgehead atoms. The zero-order chi connectivity index (χ0) is 16.5. The lowest BCUT2D eigenvalue weighted by Gasteiger charge is -2.20. The molecule has 1 N–H and O–H groups in total. The van der Waals surface area contributed by atoms with Gasteiger partial charge in [-0.2, -0.15) is 0 Å². The Morgan fingerprint density at radius 3 is 2.25 bits per heavy atom. The predicted octanol–water partition coefficient (Wildman–Crippen LogP) is 4.85. The first-order valence-electron chi connectivity index (χ1n) is 7.74. The van der Waals surface area contributed by atoms with Gasteiger partial charge in [-0.1, -0.05) is 60.1 Å². The number of hydrogen-bond acceptors (Lipinski definition) is 2. The Balaban J connectivity index is 1.74. The molecule has 4 rings (SSSR count). The van der Waals surface area contributed by atoms with Crippen molar-refractivity contribution in [3.05, 3.63) is 95.0 Å². The van der Waals surface area contributed by atoms with E-state index in [0.29, 0.717) is 5.02 Å². The largest absolute Gasteiger partial charge is 0.291 e. The molecule has 0 saturated carbocycles. The van der Waals surface area contributed by atoms with Crippen LogP contribution < -0.4 is 10.4 Å². The van der Waals surface area contributed by atoms with Crippen LogP contribution in [0, 0.1) is 0 Å². The van der Waals surface area contributed by atoms with Gasteiger partial charge in [0.15, 0.2) is 0 Å². The highest BCUT2D eigenvalue weighted by Crippen LogP contribution is 2.40. The topological polar surface area (TPSA) is 32.3 Å². The first-order chi connectivity index (χ1) is 11.7. The Kier molecular flexibility index (Phi) is 3.71. The summed E-state index contributed by atoms with van der Waals surface area (Å²) in [5, 5.41) is 2.28. The lowest BCUT2D eigenvalue weighted by molar-refractivity contribution is -0.118. The minimum atomic E-state index is -0.290. The molecule has 3 nitrogen and oxygen atoms in total. The van der Waals surface area contributed by atoms with Crippen LogP contribution in [0.4, 0.5) is 11.4 Å². The zero-order valence-electron chi connectivity index (χ0n) is 12.8. The number of carbonyl (C=O) groups excluding carboxylic acids is 1. The fourth-order valence-electron chi connectivity index (χ4n) is 3.05. The first-order valence-corrected chi connectivity index (χ1v) is 8.12. The summed E-state index contributed by atoms with van der Waals surface area (Å²) in [6.45, 7) is 0. The third-order valence-electron chi connectivity index (χ3n) is 4.17. The number of nitrogens with zero attached hydrogens (tertiary/aromatic N) is 1. The van der Waals surface area contributed by atoms with Gasteiger partial charge in [0.05, 0.1) is 17.3 Å². The van der Waals surface area contributed by atoms with Crippen molar-refractivity contribution >= 4 is 28.9 Å². The Morgan fingerprint density at radius 2 is 1.50 bits per heavy atom. The molecular weight excluding hydrogens is 320 g/mol. The molecular formula is C20H15ClN2O. The van der Waals surface area contributed by atoms with Gasteiger partial charge in [0.2, 0.25) is 0 Å². The summed E-state index contributed by atoms with van der Waals surface area (Å²) in [4.78, 5) is 13.1. The fraction of sp³-hybridized carbons (Fsp3) is 0.0500. The van der Waals surface area contributed by atoms with Crippen LogP contribution in [0.5, 0.6) is 0 Å². The van der Waals surface area contributed by atoms with Crippen molar-refractivity contribution in [3.8, 4) is 0 Å². The van der Waals surface area contributed by atoms with Gasteiger partial charge in [0, 0.05) is 5.02 Å². The molecule has 0 radical (unpaired) electrons. The van der Waals surface area contributed by atoms with E-state index in [1.807, 2.05) is 66.7 Å². The maximum Gasteiger partial charge on any atom is 0.257 e. The van der Waals surface area contributed by atoms with Crippen LogP contribution in [0.2, 0.25) is 5.02 Å². The van der Waals surface area contributed by atoms with Crippen LogP contribution >= 0.6 is 11.6 Å². The van der Waals surface area contributed by atoms with Gasteiger partial charge in [0.1, 0.15) is 0 Å². The van der Waals surface area contributed by atoms with E-state index in [1.54, 1.807) is 17.1 Å². The molecule has 0 aromatic heterocycles. The number of halogens is 1. The molecule has 3 aromatic rings. The summed E-state index contributed by atoms with van der Waals surface area (Å²) in [7, 11) is 0. The lowest BCUT2D eigenvalue weighted by Crippen LogP contribution is -2.34. The minimum absolute atomic E-state index is 0.0114. The van der Waals surface area contributed by atoms with E-state index in [4.69, 9.17) is 11.6 Å². The second kappa shape index (κ2) is 6.02. The molecule has 24 heavy (non-hydrogen) atoms. The molecule has 0 unspecified atom stereocenters. The van der Waals surface area contributed by atoms with Crippen molar-refractivity contribution < 1.29 is 4.79 Å². The van der Waals surface area contributed by atoms with Crippen LogP contribution in [0.1, 0.15) is 17.0 Å². The second-order valence-electron chi connectivity index (χ2n) is 5.69. The SMILES string of the molecule is O=C1[C@@H](c2ccccc2)c2ccccc2N1Nc1ccc(Cl)cc1. The maximum absolute atomic E-state index is 13.1. The first kappa shape index (κ1) is 14.8. The summed E-state index contributed by atoms with van der Waals surface area (Å²) in [6, 6.07) is 25.0. The molecule has 1 aliphatic rings. The second-order valence-corrected chi connectivity index (χ2v) is 6.13. The van der Waals surface area contributed by atoms with Crippen LogP contribution in [-0.2, 0) is 4.79 Å². The van der Waals surface area contributed by atoms with Gasteiger partial charge in [0.25, 0.3) is 5.91 Å². The molecule has 0 aliphatic carbocycles. The number of rotatable bonds is 3. The number of carbonyl (C=O) groups is 1.